The van der Waals surface area contributed by atoms with Gasteiger partial charge in [-0.1, -0.05) is 54.6 Å². The standard InChI is InChI=1S/C28H46N2O7Si2/c1-19(37-39(10,11)28(5,6)7)25-23(29(26(25)33)38(8,9)27(2,3)4)16-22(31)17-24(32)36-18-20-12-14-21(15-13-20)30(34)35/h12-15,19,23,25H,16-18H2,1-11H3/t19-,23?,25?/m1/s1. The van der Waals surface area contributed by atoms with Gasteiger partial charge in [0.05, 0.1) is 16.9 Å². The zero-order valence-electron chi connectivity index (χ0n) is 25.4. The fraction of sp³-hybridized carbons (Fsp3) is 0.679. The number of amides is 1. The van der Waals surface area contributed by atoms with Crippen LogP contribution >= 0.6 is 0 Å². The summed E-state index contributed by atoms with van der Waals surface area (Å²) in [6.45, 7) is 23.3. The quantitative estimate of drug-likeness (QED) is 0.0763. The summed E-state index contributed by atoms with van der Waals surface area (Å²) in [5.41, 5.74) is 0.537. The van der Waals surface area contributed by atoms with Crippen molar-refractivity contribution in [2.45, 2.75) is 116 Å². The predicted molar refractivity (Wildman–Crippen MR) is 156 cm³/mol. The molecule has 1 aromatic carbocycles. The number of hydrogen-bond donors (Lipinski definition) is 0. The lowest BCUT2D eigenvalue weighted by Crippen LogP contribution is -2.75. The monoisotopic (exact) mass is 578 g/mol. The average Bonchev–Trinajstić information content (AvgIpc) is 2.75. The number of ether oxygens (including phenoxy) is 1. The fourth-order valence-corrected chi connectivity index (χ4v) is 8.39. The molecule has 1 amide bonds. The molecule has 0 spiro atoms. The minimum atomic E-state index is -2.29. The third kappa shape index (κ3) is 7.43. The summed E-state index contributed by atoms with van der Waals surface area (Å²) in [4.78, 5) is 49.5. The number of carbonyl (C=O) groups is 3. The number of β-lactam (4-membered cyclic amide) rings is 1. The second kappa shape index (κ2) is 11.6. The van der Waals surface area contributed by atoms with Gasteiger partial charge in [-0.25, -0.2) is 0 Å². The van der Waals surface area contributed by atoms with Gasteiger partial charge in [0.15, 0.2) is 16.6 Å². The first kappa shape index (κ1) is 32.8. The highest BCUT2D eigenvalue weighted by molar-refractivity contribution is 6.80. The first-order chi connectivity index (χ1) is 17.6. The zero-order valence-corrected chi connectivity index (χ0v) is 27.4. The van der Waals surface area contributed by atoms with Crippen molar-refractivity contribution in [3.05, 3.63) is 39.9 Å². The van der Waals surface area contributed by atoms with E-state index in [1.54, 1.807) is 0 Å². The highest BCUT2D eigenvalue weighted by Crippen LogP contribution is 2.48. The lowest BCUT2D eigenvalue weighted by atomic mass is 9.82. The van der Waals surface area contributed by atoms with Gasteiger partial charge < -0.3 is 13.7 Å². The molecular formula is C28H46N2O7Si2. The number of Topliss-reactive ketones (excluding diaryl/α,β-unsaturated/α-hetero) is 1. The molecule has 39 heavy (non-hydrogen) atoms. The first-order valence-corrected chi connectivity index (χ1v) is 19.4. The normalized spacial score (nSPS) is 19.4. The molecule has 0 bridgehead atoms. The van der Waals surface area contributed by atoms with Gasteiger partial charge in [-0.05, 0) is 47.8 Å². The molecule has 1 saturated heterocycles. The Hall–Kier alpha value is -2.38. The average molecular weight is 579 g/mol. The van der Waals surface area contributed by atoms with Crippen LogP contribution in [0.3, 0.4) is 0 Å². The van der Waals surface area contributed by atoms with Crippen molar-refractivity contribution in [2.24, 2.45) is 5.92 Å². The van der Waals surface area contributed by atoms with E-state index >= 15 is 0 Å². The topological polar surface area (TPSA) is 116 Å². The second-order valence-electron chi connectivity index (χ2n) is 13.7. The molecule has 1 aliphatic heterocycles. The zero-order chi connectivity index (χ0) is 30.1. The maximum atomic E-state index is 13.6. The van der Waals surface area contributed by atoms with Gasteiger partial charge in [0, 0.05) is 24.6 Å². The van der Waals surface area contributed by atoms with Crippen LogP contribution in [0.4, 0.5) is 5.69 Å². The molecule has 2 rings (SSSR count). The molecule has 0 radical (unpaired) electrons. The maximum Gasteiger partial charge on any atom is 0.313 e. The van der Waals surface area contributed by atoms with E-state index in [1.165, 1.54) is 24.3 Å². The molecule has 0 aliphatic carbocycles. The summed E-state index contributed by atoms with van der Waals surface area (Å²) < 4.78 is 13.8. The molecule has 218 valence electrons. The Morgan fingerprint density at radius 3 is 2.03 bits per heavy atom. The van der Waals surface area contributed by atoms with Crippen molar-refractivity contribution in [2.75, 3.05) is 0 Å². The molecule has 2 unspecified atom stereocenters. The Kier molecular flexibility index (Phi) is 9.78. The number of hydrogen-bond acceptors (Lipinski definition) is 7. The van der Waals surface area contributed by atoms with Crippen molar-refractivity contribution in [3.63, 3.8) is 0 Å². The number of nitrogens with zero attached hydrogens (tertiary/aromatic N) is 2. The molecular weight excluding hydrogens is 532 g/mol. The van der Waals surface area contributed by atoms with E-state index in [1.807, 2.05) is 11.5 Å². The number of nitro benzene ring substituents is 1. The van der Waals surface area contributed by atoms with E-state index in [9.17, 15) is 24.5 Å². The summed E-state index contributed by atoms with van der Waals surface area (Å²) in [7, 11) is -4.44. The third-order valence-electron chi connectivity index (χ3n) is 8.82. The van der Waals surface area contributed by atoms with Crippen molar-refractivity contribution in [1.82, 2.24) is 4.57 Å². The Bertz CT molecular complexity index is 1090. The number of non-ortho nitro benzene ring substituents is 1. The molecule has 0 aromatic heterocycles. The van der Waals surface area contributed by atoms with E-state index in [-0.39, 0.29) is 52.6 Å². The van der Waals surface area contributed by atoms with Gasteiger partial charge in [0.2, 0.25) is 5.91 Å². The second-order valence-corrected chi connectivity index (χ2v) is 23.6. The van der Waals surface area contributed by atoms with E-state index in [0.29, 0.717) is 5.56 Å². The number of carbonyl (C=O) groups excluding carboxylic acids is 3. The molecule has 1 aromatic rings. The van der Waals surface area contributed by atoms with E-state index < -0.39 is 39.8 Å². The molecule has 1 fully saturated rings. The molecule has 11 heteroatoms. The van der Waals surface area contributed by atoms with E-state index in [4.69, 9.17) is 9.16 Å². The SMILES string of the molecule is C[C@@H](O[Si](C)(C)C(C)(C)C)C1C(=O)N([Si](C)(C)C(C)(C)C)C1CC(=O)CC(=O)OCc1ccc([N+](=O)[O-])cc1. The van der Waals surface area contributed by atoms with Crippen LogP contribution in [0, 0.1) is 16.0 Å². The van der Waals surface area contributed by atoms with Crippen LogP contribution in [0.5, 0.6) is 0 Å². The van der Waals surface area contributed by atoms with Crippen LogP contribution in [-0.2, 0) is 30.2 Å². The van der Waals surface area contributed by atoms with Crippen LogP contribution in [-0.4, -0.2) is 55.8 Å². The summed E-state index contributed by atoms with van der Waals surface area (Å²) in [5.74, 6) is -1.35. The van der Waals surface area contributed by atoms with Gasteiger partial charge in [-0.3, -0.25) is 24.5 Å². The third-order valence-corrected chi connectivity index (χ3v) is 18.8. The van der Waals surface area contributed by atoms with Gasteiger partial charge >= 0.3 is 5.97 Å². The Morgan fingerprint density at radius 1 is 1.03 bits per heavy atom. The van der Waals surface area contributed by atoms with Gasteiger partial charge in [0.25, 0.3) is 5.69 Å². The van der Waals surface area contributed by atoms with Crippen molar-refractivity contribution < 1.29 is 28.5 Å². The number of nitro groups is 1. The van der Waals surface area contributed by atoms with Gasteiger partial charge in [-0.2, -0.15) is 0 Å². The Balaban J connectivity index is 2.15. The van der Waals surface area contributed by atoms with Crippen LogP contribution in [0.15, 0.2) is 24.3 Å². The van der Waals surface area contributed by atoms with Crippen molar-refractivity contribution in [3.8, 4) is 0 Å². The first-order valence-electron chi connectivity index (χ1n) is 13.5. The van der Waals surface area contributed by atoms with Crippen LogP contribution in [0.25, 0.3) is 0 Å². The van der Waals surface area contributed by atoms with E-state index in [0.717, 1.165) is 0 Å². The minimum Gasteiger partial charge on any atom is -0.460 e. The molecule has 1 heterocycles. The Labute approximate surface area is 235 Å². The molecule has 9 nitrogen and oxygen atoms in total. The highest BCUT2D eigenvalue weighted by atomic mass is 28.4. The van der Waals surface area contributed by atoms with Gasteiger partial charge in [-0.15, -0.1) is 0 Å². The largest absolute Gasteiger partial charge is 0.460 e. The van der Waals surface area contributed by atoms with Crippen molar-refractivity contribution >= 4 is 39.9 Å². The number of rotatable bonds is 11. The Morgan fingerprint density at radius 2 is 1.56 bits per heavy atom. The number of benzene rings is 1. The number of esters is 1. The van der Waals surface area contributed by atoms with E-state index in [2.05, 4.69) is 67.7 Å². The molecule has 3 atom stereocenters. The summed E-state index contributed by atoms with van der Waals surface area (Å²) in [6.07, 6.45) is -0.667. The molecule has 0 N–H and O–H groups in total. The summed E-state index contributed by atoms with van der Waals surface area (Å²) in [6, 6.07) is 5.38. The fourth-order valence-electron chi connectivity index (χ4n) is 4.46. The lowest BCUT2D eigenvalue weighted by Gasteiger charge is -2.60. The molecule has 1 aliphatic rings. The maximum absolute atomic E-state index is 13.6. The predicted octanol–water partition coefficient (Wildman–Crippen LogP) is 6.23. The van der Waals surface area contributed by atoms with Crippen LogP contribution < -0.4 is 0 Å². The summed E-state index contributed by atoms with van der Waals surface area (Å²) in [5, 5.41) is 10.7. The summed E-state index contributed by atoms with van der Waals surface area (Å²) >= 11 is 0. The van der Waals surface area contributed by atoms with Crippen LogP contribution in [0.2, 0.25) is 36.3 Å². The van der Waals surface area contributed by atoms with Gasteiger partial charge in [0.1, 0.15) is 18.8 Å². The molecule has 0 saturated carbocycles. The van der Waals surface area contributed by atoms with Crippen LogP contribution in [0.1, 0.15) is 66.9 Å². The van der Waals surface area contributed by atoms with Crippen molar-refractivity contribution in [1.29, 1.82) is 0 Å². The lowest BCUT2D eigenvalue weighted by molar-refractivity contribution is -0.384. The number of ketones is 1. The smallest absolute Gasteiger partial charge is 0.313 e. The minimum absolute atomic E-state index is 0.0219. The highest BCUT2D eigenvalue weighted by Gasteiger charge is 2.59.